The summed E-state index contributed by atoms with van der Waals surface area (Å²) in [5, 5.41) is 9.22. The van der Waals surface area contributed by atoms with Gasteiger partial charge in [0.15, 0.2) is 5.82 Å². The van der Waals surface area contributed by atoms with Gasteiger partial charge < -0.3 is 5.32 Å². The smallest absolute Gasteiger partial charge is 0.296 e. The van der Waals surface area contributed by atoms with Gasteiger partial charge in [0.1, 0.15) is 10.4 Å². The van der Waals surface area contributed by atoms with Crippen molar-refractivity contribution in [1.29, 1.82) is 0 Å². The predicted molar refractivity (Wildman–Crippen MR) is 72.8 cm³/mol. The standard InChI is InChI=1S/C11H13BrN6O/c1-11(2,3)10-16-8(17-18-10)9(19)15-7-5-13-6(12)4-14-7/h4-5H,1-3H3,(H,14,15,19)(H,16,17,18). The maximum absolute atomic E-state index is 11.9. The van der Waals surface area contributed by atoms with Crippen LogP contribution in [0.2, 0.25) is 0 Å². The normalized spacial score (nSPS) is 11.4. The Labute approximate surface area is 118 Å². The van der Waals surface area contributed by atoms with Gasteiger partial charge in [-0.15, -0.1) is 5.10 Å². The number of carbonyl (C=O) groups excluding carboxylic acids is 1. The largest absolute Gasteiger partial charge is 0.302 e. The van der Waals surface area contributed by atoms with Crippen molar-refractivity contribution in [2.75, 3.05) is 5.32 Å². The number of aromatic amines is 1. The first-order valence-corrected chi connectivity index (χ1v) is 6.37. The van der Waals surface area contributed by atoms with E-state index in [4.69, 9.17) is 0 Å². The molecule has 0 saturated carbocycles. The zero-order chi connectivity index (χ0) is 14.0. The van der Waals surface area contributed by atoms with Crippen molar-refractivity contribution in [3.63, 3.8) is 0 Å². The van der Waals surface area contributed by atoms with Crippen molar-refractivity contribution in [1.82, 2.24) is 25.1 Å². The van der Waals surface area contributed by atoms with Crippen LogP contribution in [-0.2, 0) is 5.41 Å². The number of carbonyl (C=O) groups is 1. The zero-order valence-corrected chi connectivity index (χ0v) is 12.3. The van der Waals surface area contributed by atoms with E-state index in [2.05, 4.69) is 46.4 Å². The molecule has 2 rings (SSSR count). The van der Waals surface area contributed by atoms with E-state index >= 15 is 0 Å². The van der Waals surface area contributed by atoms with Crippen LogP contribution in [-0.4, -0.2) is 31.1 Å². The summed E-state index contributed by atoms with van der Waals surface area (Å²) in [4.78, 5) is 24.0. The molecule has 2 heterocycles. The highest BCUT2D eigenvalue weighted by Gasteiger charge is 2.21. The van der Waals surface area contributed by atoms with Gasteiger partial charge in [0.25, 0.3) is 5.91 Å². The van der Waals surface area contributed by atoms with Gasteiger partial charge in [-0.25, -0.2) is 15.0 Å². The fourth-order valence-electron chi connectivity index (χ4n) is 1.25. The fraction of sp³-hybridized carbons (Fsp3) is 0.364. The molecule has 0 aromatic carbocycles. The molecule has 8 heteroatoms. The number of anilines is 1. The van der Waals surface area contributed by atoms with E-state index < -0.39 is 5.91 Å². The van der Waals surface area contributed by atoms with E-state index in [-0.39, 0.29) is 11.2 Å². The van der Waals surface area contributed by atoms with E-state index in [1.807, 2.05) is 20.8 Å². The van der Waals surface area contributed by atoms with Crippen LogP contribution < -0.4 is 5.32 Å². The minimum atomic E-state index is -0.427. The van der Waals surface area contributed by atoms with E-state index in [0.29, 0.717) is 16.2 Å². The van der Waals surface area contributed by atoms with Gasteiger partial charge in [0.2, 0.25) is 5.82 Å². The molecule has 19 heavy (non-hydrogen) atoms. The number of hydrogen-bond acceptors (Lipinski definition) is 5. The average molecular weight is 325 g/mol. The predicted octanol–water partition coefficient (Wildman–Crippen LogP) is 1.91. The van der Waals surface area contributed by atoms with Crippen molar-refractivity contribution >= 4 is 27.7 Å². The highest BCUT2D eigenvalue weighted by molar-refractivity contribution is 9.10. The molecule has 1 amide bonds. The van der Waals surface area contributed by atoms with Crippen LogP contribution in [0.4, 0.5) is 5.82 Å². The molecule has 100 valence electrons. The molecule has 2 aromatic rings. The molecule has 2 aromatic heterocycles. The number of amides is 1. The molecule has 2 N–H and O–H groups in total. The van der Waals surface area contributed by atoms with Crippen LogP contribution in [0.25, 0.3) is 0 Å². The fourth-order valence-corrected chi connectivity index (χ4v) is 1.45. The second-order valence-corrected chi connectivity index (χ2v) is 5.75. The van der Waals surface area contributed by atoms with Gasteiger partial charge in [-0.3, -0.25) is 9.89 Å². The van der Waals surface area contributed by atoms with Gasteiger partial charge in [-0.1, -0.05) is 20.8 Å². The lowest BCUT2D eigenvalue weighted by molar-refractivity contribution is 0.101. The molecule has 0 aliphatic carbocycles. The van der Waals surface area contributed by atoms with Crippen LogP contribution in [0.15, 0.2) is 17.0 Å². The molecule has 0 bridgehead atoms. The van der Waals surface area contributed by atoms with Crippen molar-refractivity contribution in [3.8, 4) is 0 Å². The molecule has 0 unspecified atom stereocenters. The summed E-state index contributed by atoms with van der Waals surface area (Å²) in [5.41, 5.74) is -0.192. The van der Waals surface area contributed by atoms with Gasteiger partial charge in [-0.05, 0) is 15.9 Å². The van der Waals surface area contributed by atoms with Crippen LogP contribution in [0, 0.1) is 0 Å². The lowest BCUT2D eigenvalue weighted by Crippen LogP contribution is -2.16. The van der Waals surface area contributed by atoms with Crippen molar-refractivity contribution in [2.45, 2.75) is 26.2 Å². The van der Waals surface area contributed by atoms with Gasteiger partial charge in [0.05, 0.1) is 12.4 Å². The number of halogens is 1. The second kappa shape index (κ2) is 5.04. The summed E-state index contributed by atoms with van der Waals surface area (Å²) in [6.07, 6.45) is 2.94. The molecular formula is C11H13BrN6O. The summed E-state index contributed by atoms with van der Waals surface area (Å²) in [6, 6.07) is 0. The van der Waals surface area contributed by atoms with Crippen LogP contribution in [0.5, 0.6) is 0 Å². The summed E-state index contributed by atoms with van der Waals surface area (Å²) >= 11 is 3.17. The van der Waals surface area contributed by atoms with Crippen molar-refractivity contribution in [2.24, 2.45) is 0 Å². The van der Waals surface area contributed by atoms with E-state index in [1.165, 1.54) is 12.4 Å². The lowest BCUT2D eigenvalue weighted by Gasteiger charge is -2.12. The highest BCUT2D eigenvalue weighted by atomic mass is 79.9. The highest BCUT2D eigenvalue weighted by Crippen LogP contribution is 2.17. The minimum Gasteiger partial charge on any atom is -0.302 e. The molecule has 7 nitrogen and oxygen atoms in total. The zero-order valence-electron chi connectivity index (χ0n) is 10.7. The monoisotopic (exact) mass is 324 g/mol. The third-order valence-electron chi connectivity index (χ3n) is 2.26. The van der Waals surface area contributed by atoms with Gasteiger partial charge >= 0.3 is 0 Å². The second-order valence-electron chi connectivity index (χ2n) is 4.94. The quantitative estimate of drug-likeness (QED) is 0.879. The third kappa shape index (κ3) is 3.34. The number of rotatable bonds is 2. The SMILES string of the molecule is CC(C)(C)c1nc(C(=O)Nc2cnc(Br)cn2)n[nH]1. The topological polar surface area (TPSA) is 96.5 Å². The molecular weight excluding hydrogens is 312 g/mol. The number of nitrogens with one attached hydrogen (secondary N) is 2. The third-order valence-corrected chi connectivity index (χ3v) is 2.67. The van der Waals surface area contributed by atoms with E-state index in [1.54, 1.807) is 0 Å². The molecule has 0 aliphatic heterocycles. The molecule has 0 aliphatic rings. The number of hydrogen-bond donors (Lipinski definition) is 2. The van der Waals surface area contributed by atoms with E-state index in [9.17, 15) is 4.79 Å². The van der Waals surface area contributed by atoms with Crippen molar-refractivity contribution in [3.05, 3.63) is 28.6 Å². The summed E-state index contributed by atoms with van der Waals surface area (Å²) in [7, 11) is 0. The van der Waals surface area contributed by atoms with Crippen LogP contribution in [0.3, 0.4) is 0 Å². The first kappa shape index (κ1) is 13.6. The average Bonchev–Trinajstić information content (AvgIpc) is 2.81. The maximum atomic E-state index is 11.9. The summed E-state index contributed by atoms with van der Waals surface area (Å²) < 4.78 is 0.596. The molecule has 0 atom stereocenters. The number of aromatic nitrogens is 5. The van der Waals surface area contributed by atoms with E-state index in [0.717, 1.165) is 0 Å². The summed E-state index contributed by atoms with van der Waals surface area (Å²) in [5.74, 6) is 0.646. The summed E-state index contributed by atoms with van der Waals surface area (Å²) in [6.45, 7) is 5.94. The Kier molecular flexibility index (Phi) is 3.61. The number of nitrogens with zero attached hydrogens (tertiary/aromatic N) is 4. The van der Waals surface area contributed by atoms with Gasteiger partial charge in [-0.2, -0.15) is 0 Å². The Morgan fingerprint density at radius 3 is 2.58 bits per heavy atom. The molecule has 0 spiro atoms. The first-order valence-electron chi connectivity index (χ1n) is 5.58. The van der Waals surface area contributed by atoms with Crippen LogP contribution >= 0.6 is 15.9 Å². The molecule has 0 fully saturated rings. The Hall–Kier alpha value is -1.83. The minimum absolute atomic E-state index is 0.0784. The maximum Gasteiger partial charge on any atom is 0.296 e. The lowest BCUT2D eigenvalue weighted by atomic mass is 9.96. The Bertz CT molecular complexity index is 586. The first-order chi connectivity index (χ1) is 8.86. The van der Waals surface area contributed by atoms with Crippen LogP contribution in [0.1, 0.15) is 37.2 Å². The Morgan fingerprint density at radius 1 is 1.32 bits per heavy atom. The Morgan fingerprint density at radius 2 is 2.05 bits per heavy atom. The van der Waals surface area contributed by atoms with Gasteiger partial charge in [0, 0.05) is 5.41 Å². The molecule has 0 saturated heterocycles. The van der Waals surface area contributed by atoms with Crippen molar-refractivity contribution < 1.29 is 4.79 Å². The molecule has 0 radical (unpaired) electrons. The number of H-pyrrole nitrogens is 1. The Balaban J connectivity index is 2.12.